The van der Waals surface area contributed by atoms with E-state index in [9.17, 15) is 14.0 Å². The van der Waals surface area contributed by atoms with Crippen molar-refractivity contribution in [2.45, 2.75) is 52.3 Å². The Bertz CT molecular complexity index is 1500. The number of carbonyl (C=O) groups is 2. The number of morpholine rings is 1. The molecule has 2 aliphatic heterocycles. The fourth-order valence-corrected chi connectivity index (χ4v) is 5.53. The average Bonchev–Trinajstić information content (AvgIpc) is 3.48. The molecule has 1 atom stereocenters. The summed E-state index contributed by atoms with van der Waals surface area (Å²) in [6, 6.07) is 8.53. The molecule has 2 saturated heterocycles. The van der Waals surface area contributed by atoms with Crippen LogP contribution in [-0.4, -0.2) is 96.9 Å². The summed E-state index contributed by atoms with van der Waals surface area (Å²) in [5, 5.41) is 0. The van der Waals surface area contributed by atoms with Crippen molar-refractivity contribution in [2.24, 2.45) is 0 Å². The number of ether oxygens (including phenoxy) is 2. The van der Waals surface area contributed by atoms with Crippen LogP contribution in [0.2, 0.25) is 0 Å². The SMILES string of the molecule is Cc1c(F)cccc1CN(C)c1cc(C(=O)N(C)[C@@H]2CCN(C(=O)OC(C)(C)C)C2)cc2ncc(N3CCOCC3)nc12. The lowest BCUT2D eigenvalue weighted by Crippen LogP contribution is -2.41. The van der Waals surface area contributed by atoms with Gasteiger partial charge in [-0.25, -0.2) is 14.2 Å². The molecule has 11 heteroatoms. The molecule has 2 aliphatic rings. The predicted octanol–water partition coefficient (Wildman–Crippen LogP) is 4.63. The van der Waals surface area contributed by atoms with Crippen LogP contribution in [0, 0.1) is 12.7 Å². The van der Waals surface area contributed by atoms with E-state index in [4.69, 9.17) is 19.4 Å². The molecule has 2 fully saturated rings. The number of nitrogens with zero attached hydrogens (tertiary/aromatic N) is 6. The van der Waals surface area contributed by atoms with Crippen molar-refractivity contribution in [1.82, 2.24) is 19.8 Å². The Kier molecular flexibility index (Phi) is 8.73. The lowest BCUT2D eigenvalue weighted by Gasteiger charge is -2.29. The number of likely N-dealkylation sites (tertiary alicyclic amines) is 1. The van der Waals surface area contributed by atoms with Crippen LogP contribution >= 0.6 is 0 Å². The van der Waals surface area contributed by atoms with Crippen LogP contribution in [0.25, 0.3) is 11.0 Å². The van der Waals surface area contributed by atoms with Gasteiger partial charge in [0.25, 0.3) is 5.91 Å². The van der Waals surface area contributed by atoms with Crippen LogP contribution in [0.5, 0.6) is 0 Å². The second kappa shape index (κ2) is 12.3. The first kappa shape index (κ1) is 30.5. The summed E-state index contributed by atoms with van der Waals surface area (Å²) in [5.74, 6) is 0.318. The minimum absolute atomic E-state index is 0.151. The normalized spacial score (nSPS) is 17.3. The summed E-state index contributed by atoms with van der Waals surface area (Å²) in [6.45, 7) is 11.3. The molecule has 0 spiro atoms. The summed E-state index contributed by atoms with van der Waals surface area (Å²) < 4.78 is 25.4. The number of benzene rings is 2. The van der Waals surface area contributed by atoms with Gasteiger partial charge in [0.05, 0.1) is 36.7 Å². The number of amides is 2. The second-order valence-corrected chi connectivity index (χ2v) is 12.4. The lowest BCUT2D eigenvalue weighted by molar-refractivity contribution is 0.0279. The van der Waals surface area contributed by atoms with Crippen molar-refractivity contribution >= 4 is 34.5 Å². The lowest BCUT2D eigenvalue weighted by atomic mass is 10.1. The highest BCUT2D eigenvalue weighted by Gasteiger charge is 2.34. The third-order valence-electron chi connectivity index (χ3n) is 8.08. The molecule has 0 saturated carbocycles. The maximum atomic E-state index is 14.4. The van der Waals surface area contributed by atoms with Gasteiger partial charge in [-0.2, -0.15) is 0 Å². The van der Waals surface area contributed by atoms with Gasteiger partial charge in [-0.15, -0.1) is 0 Å². The van der Waals surface area contributed by atoms with Crippen molar-refractivity contribution in [2.75, 3.05) is 63.3 Å². The molecule has 0 unspecified atom stereocenters. The quantitative estimate of drug-likeness (QED) is 0.409. The summed E-state index contributed by atoms with van der Waals surface area (Å²) in [7, 11) is 3.68. The summed E-state index contributed by atoms with van der Waals surface area (Å²) in [4.78, 5) is 43.7. The number of anilines is 2. The number of aromatic nitrogens is 2. The van der Waals surface area contributed by atoms with Crippen LogP contribution in [0.4, 0.5) is 20.7 Å². The number of hydrogen-bond acceptors (Lipinski definition) is 8. The third kappa shape index (κ3) is 6.82. The van der Waals surface area contributed by atoms with E-state index in [1.807, 2.05) is 44.9 Å². The number of fused-ring (bicyclic) bond motifs is 1. The fraction of sp³-hybridized carbons (Fsp3) is 0.500. The van der Waals surface area contributed by atoms with Gasteiger partial charge in [0.15, 0.2) is 0 Å². The van der Waals surface area contributed by atoms with Gasteiger partial charge in [0, 0.05) is 52.4 Å². The van der Waals surface area contributed by atoms with Gasteiger partial charge in [-0.3, -0.25) is 9.78 Å². The highest BCUT2D eigenvalue weighted by atomic mass is 19.1. The van der Waals surface area contributed by atoms with E-state index in [-0.39, 0.29) is 23.9 Å². The number of likely N-dealkylation sites (N-methyl/N-ethyl adjacent to an activating group) is 1. The molecule has 0 aliphatic carbocycles. The van der Waals surface area contributed by atoms with Crippen LogP contribution in [-0.2, 0) is 16.0 Å². The van der Waals surface area contributed by atoms with Crippen molar-refractivity contribution in [3.63, 3.8) is 0 Å². The van der Waals surface area contributed by atoms with Gasteiger partial charge >= 0.3 is 6.09 Å². The van der Waals surface area contributed by atoms with Crippen LogP contribution < -0.4 is 9.80 Å². The Balaban J connectivity index is 1.45. The molecular formula is C32H41FN6O4. The van der Waals surface area contributed by atoms with E-state index in [1.165, 1.54) is 6.07 Å². The summed E-state index contributed by atoms with van der Waals surface area (Å²) in [5.41, 5.74) is 3.29. The summed E-state index contributed by atoms with van der Waals surface area (Å²) >= 11 is 0. The first-order valence-corrected chi connectivity index (χ1v) is 14.7. The molecule has 43 heavy (non-hydrogen) atoms. The minimum atomic E-state index is -0.586. The van der Waals surface area contributed by atoms with E-state index in [0.29, 0.717) is 61.4 Å². The van der Waals surface area contributed by atoms with Crippen molar-refractivity contribution < 1.29 is 23.5 Å². The Hall–Kier alpha value is -3.99. The molecule has 0 N–H and O–H groups in total. The predicted molar refractivity (Wildman–Crippen MR) is 164 cm³/mol. The molecule has 0 bridgehead atoms. The van der Waals surface area contributed by atoms with Crippen LogP contribution in [0.1, 0.15) is 48.7 Å². The molecule has 3 heterocycles. The monoisotopic (exact) mass is 592 g/mol. The highest BCUT2D eigenvalue weighted by Crippen LogP contribution is 2.31. The van der Waals surface area contributed by atoms with Gasteiger partial charge in [-0.05, 0) is 63.4 Å². The Morgan fingerprint density at radius 1 is 1.14 bits per heavy atom. The van der Waals surface area contributed by atoms with E-state index in [0.717, 1.165) is 30.2 Å². The zero-order valence-electron chi connectivity index (χ0n) is 25.9. The minimum Gasteiger partial charge on any atom is -0.444 e. The number of hydrogen-bond donors (Lipinski definition) is 0. The number of carbonyl (C=O) groups excluding carboxylic acids is 2. The zero-order valence-corrected chi connectivity index (χ0v) is 25.9. The maximum absolute atomic E-state index is 14.4. The summed E-state index contributed by atoms with van der Waals surface area (Å²) in [6.07, 6.45) is 2.02. The molecule has 10 nitrogen and oxygen atoms in total. The molecule has 2 amide bonds. The second-order valence-electron chi connectivity index (χ2n) is 12.4. The molecule has 5 rings (SSSR count). The Morgan fingerprint density at radius 2 is 1.88 bits per heavy atom. The topological polar surface area (TPSA) is 91.3 Å². The molecule has 230 valence electrons. The first-order chi connectivity index (χ1) is 20.4. The number of rotatable bonds is 6. The maximum Gasteiger partial charge on any atom is 0.410 e. The van der Waals surface area contributed by atoms with Crippen LogP contribution in [0.15, 0.2) is 36.5 Å². The highest BCUT2D eigenvalue weighted by molar-refractivity contribution is 6.01. The van der Waals surface area contributed by atoms with Crippen LogP contribution in [0.3, 0.4) is 0 Å². The smallest absolute Gasteiger partial charge is 0.410 e. The van der Waals surface area contributed by atoms with Crippen molar-refractivity contribution in [3.05, 3.63) is 59.0 Å². The van der Waals surface area contributed by atoms with E-state index in [1.54, 1.807) is 42.1 Å². The molecule has 3 aromatic rings. The third-order valence-corrected chi connectivity index (χ3v) is 8.08. The average molecular weight is 593 g/mol. The standard InChI is InChI=1S/C32H41FN6O4/c1-21-22(8-7-9-25(21)33)19-36(5)27-17-23(16-26-29(27)35-28(18-34-26)38-12-14-42-15-13-38)30(40)37(6)24-10-11-39(20-24)31(41)43-32(2,3)4/h7-9,16-18,24H,10-15,19-20H2,1-6H3/t24-/m1/s1. The first-order valence-electron chi connectivity index (χ1n) is 14.7. The van der Waals surface area contributed by atoms with Gasteiger partial charge in [-0.1, -0.05) is 12.1 Å². The van der Waals surface area contributed by atoms with Crippen molar-refractivity contribution in [1.29, 1.82) is 0 Å². The van der Waals surface area contributed by atoms with Gasteiger partial charge in [0.2, 0.25) is 0 Å². The molecule has 2 aromatic carbocycles. The molecule has 0 radical (unpaired) electrons. The van der Waals surface area contributed by atoms with E-state index < -0.39 is 5.60 Å². The Morgan fingerprint density at radius 3 is 2.60 bits per heavy atom. The Labute approximate surface area is 252 Å². The fourth-order valence-electron chi connectivity index (χ4n) is 5.53. The van der Waals surface area contributed by atoms with E-state index >= 15 is 0 Å². The molecule has 1 aromatic heterocycles. The molecular weight excluding hydrogens is 551 g/mol. The van der Waals surface area contributed by atoms with Gasteiger partial charge < -0.3 is 29.1 Å². The van der Waals surface area contributed by atoms with E-state index in [2.05, 4.69) is 4.90 Å². The van der Waals surface area contributed by atoms with Gasteiger partial charge in [0.1, 0.15) is 22.8 Å². The number of halogens is 1. The zero-order chi connectivity index (χ0) is 30.9. The van der Waals surface area contributed by atoms with Crippen molar-refractivity contribution in [3.8, 4) is 0 Å². The largest absolute Gasteiger partial charge is 0.444 e.